The molecule has 148 valence electrons. The minimum Gasteiger partial charge on any atom is -0.496 e. The van der Waals surface area contributed by atoms with E-state index in [1.54, 1.807) is 31.4 Å². The minimum absolute atomic E-state index is 0.00615. The molecule has 0 heterocycles. The van der Waals surface area contributed by atoms with Gasteiger partial charge in [-0.3, -0.25) is 14.4 Å². The minimum atomic E-state index is -1.09. The van der Waals surface area contributed by atoms with Crippen molar-refractivity contribution in [3.8, 4) is 5.75 Å². The van der Waals surface area contributed by atoms with E-state index in [-0.39, 0.29) is 24.2 Å². The number of carboxylic acid groups (broad SMARTS) is 1. The van der Waals surface area contributed by atoms with Gasteiger partial charge in [-0.25, -0.2) is 0 Å². The van der Waals surface area contributed by atoms with E-state index in [0.29, 0.717) is 12.1 Å². The molecule has 3 N–H and O–H groups in total. The first-order valence-corrected chi connectivity index (χ1v) is 8.89. The molecule has 0 spiro atoms. The highest BCUT2D eigenvalue weighted by atomic mass is 16.5. The normalized spacial score (nSPS) is 11.4. The van der Waals surface area contributed by atoms with E-state index in [0.717, 1.165) is 16.9 Å². The van der Waals surface area contributed by atoms with Gasteiger partial charge in [-0.2, -0.15) is 0 Å². The fraction of sp³-hybridized carbons (Fsp3) is 0.286. The number of ether oxygens (including phenoxy) is 1. The zero-order valence-electron chi connectivity index (χ0n) is 15.9. The summed E-state index contributed by atoms with van der Waals surface area (Å²) in [6, 6.07) is 14.5. The van der Waals surface area contributed by atoms with E-state index in [1.165, 1.54) is 0 Å². The Balaban J connectivity index is 1.88. The van der Waals surface area contributed by atoms with Crippen LogP contribution in [0.1, 0.15) is 30.4 Å². The van der Waals surface area contributed by atoms with Crippen LogP contribution in [0, 0.1) is 0 Å². The maximum atomic E-state index is 12.3. The van der Waals surface area contributed by atoms with Crippen LogP contribution < -0.4 is 15.4 Å². The number of hydrogen-bond acceptors (Lipinski definition) is 4. The van der Waals surface area contributed by atoms with Gasteiger partial charge in [-0.1, -0.05) is 37.3 Å². The molecular weight excluding hydrogens is 360 g/mol. The van der Waals surface area contributed by atoms with Crippen molar-refractivity contribution in [1.29, 1.82) is 0 Å². The highest BCUT2D eigenvalue weighted by molar-refractivity contribution is 5.91. The standard InChI is InChI=1S/C21H24N2O5/c1-14(17-5-3-4-6-18(17)28-2)11-20(25)23-16-9-7-15(8-10-16)12-19(24)22-13-21(26)27/h3-10,14H,11-13H2,1-2H3,(H,22,24)(H,23,25)(H,26,27). The first kappa shape index (κ1) is 21.0. The Morgan fingerprint density at radius 1 is 1.04 bits per heavy atom. The van der Waals surface area contributed by atoms with Crippen molar-refractivity contribution in [2.24, 2.45) is 0 Å². The van der Waals surface area contributed by atoms with Gasteiger partial charge < -0.3 is 20.5 Å². The second-order valence-corrected chi connectivity index (χ2v) is 6.44. The molecule has 0 aromatic heterocycles. The van der Waals surface area contributed by atoms with Crippen molar-refractivity contribution < 1.29 is 24.2 Å². The van der Waals surface area contributed by atoms with Crippen molar-refractivity contribution in [3.05, 3.63) is 59.7 Å². The molecule has 0 saturated carbocycles. The molecule has 2 aromatic rings. The number of carbonyl (C=O) groups is 3. The second-order valence-electron chi connectivity index (χ2n) is 6.44. The van der Waals surface area contributed by atoms with Crippen LogP contribution in [0.5, 0.6) is 5.75 Å². The Hall–Kier alpha value is -3.35. The Morgan fingerprint density at radius 3 is 2.36 bits per heavy atom. The van der Waals surface area contributed by atoms with E-state index in [4.69, 9.17) is 9.84 Å². The molecule has 0 bridgehead atoms. The van der Waals surface area contributed by atoms with Crippen LogP contribution in [0.4, 0.5) is 5.69 Å². The fourth-order valence-corrected chi connectivity index (χ4v) is 2.80. The van der Waals surface area contributed by atoms with Gasteiger partial charge >= 0.3 is 5.97 Å². The lowest BCUT2D eigenvalue weighted by atomic mass is 9.96. The van der Waals surface area contributed by atoms with Gasteiger partial charge in [0, 0.05) is 12.1 Å². The van der Waals surface area contributed by atoms with Crippen LogP contribution in [0.2, 0.25) is 0 Å². The maximum Gasteiger partial charge on any atom is 0.322 e. The van der Waals surface area contributed by atoms with Crippen LogP contribution >= 0.6 is 0 Å². The van der Waals surface area contributed by atoms with Crippen LogP contribution in [0.3, 0.4) is 0 Å². The summed E-state index contributed by atoms with van der Waals surface area (Å²) in [5, 5.41) is 13.7. The summed E-state index contributed by atoms with van der Waals surface area (Å²) < 4.78 is 5.34. The number of hydrogen-bond donors (Lipinski definition) is 3. The van der Waals surface area contributed by atoms with Gasteiger partial charge in [-0.05, 0) is 35.2 Å². The summed E-state index contributed by atoms with van der Waals surface area (Å²) in [7, 11) is 1.61. The lowest BCUT2D eigenvalue weighted by Gasteiger charge is -2.15. The largest absolute Gasteiger partial charge is 0.496 e. The molecule has 0 radical (unpaired) electrons. The molecule has 2 aromatic carbocycles. The zero-order valence-corrected chi connectivity index (χ0v) is 15.9. The Labute approximate surface area is 163 Å². The Bertz CT molecular complexity index is 833. The smallest absolute Gasteiger partial charge is 0.322 e. The molecule has 7 heteroatoms. The number of carboxylic acids is 1. The molecule has 2 rings (SSSR count). The van der Waals surface area contributed by atoms with Crippen LogP contribution in [-0.4, -0.2) is 36.5 Å². The van der Waals surface area contributed by atoms with E-state index in [9.17, 15) is 14.4 Å². The van der Waals surface area contributed by atoms with Crippen molar-refractivity contribution in [1.82, 2.24) is 5.32 Å². The van der Waals surface area contributed by atoms with Crippen molar-refractivity contribution in [3.63, 3.8) is 0 Å². The number of aliphatic carboxylic acids is 1. The monoisotopic (exact) mass is 384 g/mol. The highest BCUT2D eigenvalue weighted by Crippen LogP contribution is 2.28. The average molecular weight is 384 g/mol. The van der Waals surface area contributed by atoms with Crippen LogP contribution in [-0.2, 0) is 20.8 Å². The molecule has 1 atom stereocenters. The summed E-state index contributed by atoms with van der Waals surface area (Å²) in [5.74, 6) is -0.828. The SMILES string of the molecule is COc1ccccc1C(C)CC(=O)Nc1ccc(CC(=O)NCC(=O)O)cc1. The molecule has 28 heavy (non-hydrogen) atoms. The number of anilines is 1. The number of carbonyl (C=O) groups excluding carboxylic acids is 2. The molecule has 7 nitrogen and oxygen atoms in total. The topological polar surface area (TPSA) is 105 Å². The van der Waals surface area contributed by atoms with Gasteiger partial charge in [0.25, 0.3) is 0 Å². The summed E-state index contributed by atoms with van der Waals surface area (Å²) in [5.41, 5.74) is 2.33. The maximum absolute atomic E-state index is 12.3. The second kappa shape index (κ2) is 10.1. The van der Waals surface area contributed by atoms with Crippen molar-refractivity contribution in [2.75, 3.05) is 19.0 Å². The average Bonchev–Trinajstić information content (AvgIpc) is 2.67. The Kier molecular flexibility index (Phi) is 7.56. The van der Waals surface area contributed by atoms with Gasteiger partial charge in [0.05, 0.1) is 13.5 Å². The number of rotatable bonds is 9. The third-order valence-corrected chi connectivity index (χ3v) is 4.20. The molecule has 0 aliphatic carbocycles. The molecule has 1 unspecified atom stereocenters. The Morgan fingerprint density at radius 2 is 1.71 bits per heavy atom. The summed E-state index contributed by atoms with van der Waals surface area (Å²) >= 11 is 0. The van der Waals surface area contributed by atoms with Gasteiger partial charge in [-0.15, -0.1) is 0 Å². The number of para-hydroxylation sites is 1. The lowest BCUT2D eigenvalue weighted by Crippen LogP contribution is -2.30. The first-order valence-electron chi connectivity index (χ1n) is 8.89. The fourth-order valence-electron chi connectivity index (χ4n) is 2.80. The predicted molar refractivity (Wildman–Crippen MR) is 105 cm³/mol. The third-order valence-electron chi connectivity index (χ3n) is 4.20. The van der Waals surface area contributed by atoms with Crippen molar-refractivity contribution >= 4 is 23.5 Å². The highest BCUT2D eigenvalue weighted by Gasteiger charge is 2.15. The van der Waals surface area contributed by atoms with E-state index in [1.807, 2.05) is 31.2 Å². The molecule has 2 amide bonds. The van der Waals surface area contributed by atoms with Gasteiger partial charge in [0.1, 0.15) is 12.3 Å². The molecule has 0 aliphatic rings. The van der Waals surface area contributed by atoms with E-state index < -0.39 is 12.5 Å². The molecule has 0 saturated heterocycles. The number of methoxy groups -OCH3 is 1. The quantitative estimate of drug-likeness (QED) is 0.616. The van der Waals surface area contributed by atoms with E-state index >= 15 is 0 Å². The summed E-state index contributed by atoms with van der Waals surface area (Å²) in [4.78, 5) is 34.4. The van der Waals surface area contributed by atoms with Crippen molar-refractivity contribution in [2.45, 2.75) is 25.7 Å². The summed E-state index contributed by atoms with van der Waals surface area (Å²) in [6.07, 6.45) is 0.381. The molecule has 0 aliphatic heterocycles. The predicted octanol–water partition coefficient (Wildman–Crippen LogP) is 2.57. The molecular formula is C21H24N2O5. The van der Waals surface area contributed by atoms with Gasteiger partial charge in [0.15, 0.2) is 0 Å². The zero-order chi connectivity index (χ0) is 20.5. The number of benzene rings is 2. The third kappa shape index (κ3) is 6.42. The van der Waals surface area contributed by atoms with Crippen LogP contribution in [0.25, 0.3) is 0 Å². The van der Waals surface area contributed by atoms with Gasteiger partial charge in [0.2, 0.25) is 11.8 Å². The first-order chi connectivity index (χ1) is 13.4. The number of nitrogens with one attached hydrogen (secondary N) is 2. The number of amides is 2. The van der Waals surface area contributed by atoms with E-state index in [2.05, 4.69) is 10.6 Å². The van der Waals surface area contributed by atoms with Crippen LogP contribution in [0.15, 0.2) is 48.5 Å². The lowest BCUT2D eigenvalue weighted by molar-refractivity contribution is -0.137. The molecule has 0 fully saturated rings. The summed E-state index contributed by atoms with van der Waals surface area (Å²) in [6.45, 7) is 1.56.